The first kappa shape index (κ1) is 15.5. The standard InChI is InChI=1S/C17H21ClN2O/c1-3-8-21-15-10-13(19)9-14(11-15)20-12(2)16-6-4-5-7-17(16)18/h4-7,9-12,20H,3,8,19H2,1-2H3. The van der Waals surface area contributed by atoms with Crippen molar-refractivity contribution in [2.75, 3.05) is 17.7 Å². The Kier molecular flexibility index (Phi) is 5.34. The van der Waals surface area contributed by atoms with E-state index in [0.717, 1.165) is 28.4 Å². The maximum atomic E-state index is 6.23. The molecule has 0 heterocycles. The van der Waals surface area contributed by atoms with Crippen molar-refractivity contribution in [3.63, 3.8) is 0 Å². The van der Waals surface area contributed by atoms with Gasteiger partial charge in [-0.05, 0) is 31.0 Å². The Morgan fingerprint density at radius 1 is 1.24 bits per heavy atom. The molecular formula is C17H21ClN2O. The first-order valence-electron chi connectivity index (χ1n) is 7.14. The molecule has 3 nitrogen and oxygen atoms in total. The largest absolute Gasteiger partial charge is 0.493 e. The van der Waals surface area contributed by atoms with E-state index in [0.29, 0.717) is 12.3 Å². The number of rotatable bonds is 6. The molecule has 0 fully saturated rings. The fourth-order valence-corrected chi connectivity index (χ4v) is 2.46. The van der Waals surface area contributed by atoms with Crippen LogP contribution in [0.15, 0.2) is 42.5 Å². The summed E-state index contributed by atoms with van der Waals surface area (Å²) in [4.78, 5) is 0. The van der Waals surface area contributed by atoms with Crippen LogP contribution in [0.25, 0.3) is 0 Å². The summed E-state index contributed by atoms with van der Waals surface area (Å²) in [6.07, 6.45) is 0.966. The van der Waals surface area contributed by atoms with Crippen LogP contribution in [0, 0.1) is 0 Å². The third-order valence-electron chi connectivity index (χ3n) is 3.16. The maximum Gasteiger partial charge on any atom is 0.123 e. The molecule has 0 spiro atoms. The van der Waals surface area contributed by atoms with E-state index in [1.807, 2.05) is 42.5 Å². The van der Waals surface area contributed by atoms with Gasteiger partial charge >= 0.3 is 0 Å². The molecule has 0 saturated carbocycles. The van der Waals surface area contributed by atoms with Crippen LogP contribution in [0.2, 0.25) is 5.02 Å². The van der Waals surface area contributed by atoms with Crippen LogP contribution in [0.4, 0.5) is 11.4 Å². The zero-order valence-corrected chi connectivity index (χ0v) is 13.2. The van der Waals surface area contributed by atoms with Gasteiger partial charge in [-0.15, -0.1) is 0 Å². The van der Waals surface area contributed by atoms with Gasteiger partial charge in [-0.2, -0.15) is 0 Å². The maximum absolute atomic E-state index is 6.23. The summed E-state index contributed by atoms with van der Waals surface area (Å²) in [6, 6.07) is 13.6. The monoisotopic (exact) mass is 304 g/mol. The molecule has 4 heteroatoms. The highest BCUT2D eigenvalue weighted by Crippen LogP contribution is 2.29. The number of ether oxygens (including phenoxy) is 1. The predicted molar refractivity (Wildman–Crippen MR) is 90.1 cm³/mol. The Morgan fingerprint density at radius 2 is 2.00 bits per heavy atom. The molecule has 0 aliphatic rings. The Balaban J connectivity index is 2.15. The summed E-state index contributed by atoms with van der Waals surface area (Å²) in [6.45, 7) is 4.82. The van der Waals surface area contributed by atoms with Crippen molar-refractivity contribution >= 4 is 23.0 Å². The zero-order valence-electron chi connectivity index (χ0n) is 12.4. The first-order valence-corrected chi connectivity index (χ1v) is 7.52. The highest BCUT2D eigenvalue weighted by Gasteiger charge is 2.10. The Bertz CT molecular complexity index is 601. The Hall–Kier alpha value is -1.87. The summed E-state index contributed by atoms with van der Waals surface area (Å²) in [5.74, 6) is 0.783. The minimum atomic E-state index is 0.0829. The second kappa shape index (κ2) is 7.23. The van der Waals surface area contributed by atoms with Crippen LogP contribution in [0.5, 0.6) is 5.75 Å². The molecule has 112 valence electrons. The van der Waals surface area contributed by atoms with Crippen LogP contribution in [-0.2, 0) is 0 Å². The van der Waals surface area contributed by atoms with Gasteiger partial charge in [0.05, 0.1) is 6.61 Å². The van der Waals surface area contributed by atoms with Crippen LogP contribution in [-0.4, -0.2) is 6.61 Å². The number of halogens is 1. The molecule has 3 N–H and O–H groups in total. The van der Waals surface area contributed by atoms with E-state index in [4.69, 9.17) is 22.1 Å². The van der Waals surface area contributed by atoms with Crippen LogP contribution in [0.1, 0.15) is 31.9 Å². The summed E-state index contributed by atoms with van der Waals surface area (Å²) >= 11 is 6.23. The van der Waals surface area contributed by atoms with Gasteiger partial charge in [0.2, 0.25) is 0 Å². The summed E-state index contributed by atoms with van der Waals surface area (Å²) in [5, 5.41) is 4.17. The molecule has 21 heavy (non-hydrogen) atoms. The van der Waals surface area contributed by atoms with Gasteiger partial charge in [0, 0.05) is 34.6 Å². The second-order valence-electron chi connectivity index (χ2n) is 5.03. The van der Waals surface area contributed by atoms with Gasteiger partial charge in [-0.3, -0.25) is 0 Å². The third-order valence-corrected chi connectivity index (χ3v) is 3.50. The molecule has 0 aromatic heterocycles. The average molecular weight is 305 g/mol. The number of nitrogens with two attached hydrogens (primary N) is 1. The predicted octanol–water partition coefficient (Wildman–Crippen LogP) is 4.88. The number of nitrogens with one attached hydrogen (secondary N) is 1. The van der Waals surface area contributed by atoms with Gasteiger partial charge in [0.25, 0.3) is 0 Å². The lowest BCUT2D eigenvalue weighted by atomic mass is 10.1. The molecule has 0 aliphatic heterocycles. The lowest BCUT2D eigenvalue weighted by Crippen LogP contribution is -2.08. The molecular weight excluding hydrogens is 284 g/mol. The SMILES string of the molecule is CCCOc1cc(N)cc(NC(C)c2ccccc2Cl)c1. The van der Waals surface area contributed by atoms with Crippen molar-refractivity contribution in [3.05, 3.63) is 53.1 Å². The number of hydrogen-bond donors (Lipinski definition) is 2. The topological polar surface area (TPSA) is 47.3 Å². The van der Waals surface area contributed by atoms with Crippen molar-refractivity contribution in [1.82, 2.24) is 0 Å². The van der Waals surface area contributed by atoms with Crippen molar-refractivity contribution < 1.29 is 4.74 Å². The molecule has 1 atom stereocenters. The summed E-state index contributed by atoms with van der Waals surface area (Å²) in [5.41, 5.74) is 8.59. The van der Waals surface area contributed by atoms with Gasteiger partial charge in [-0.25, -0.2) is 0 Å². The molecule has 2 aromatic carbocycles. The molecule has 0 saturated heterocycles. The lowest BCUT2D eigenvalue weighted by molar-refractivity contribution is 0.318. The number of hydrogen-bond acceptors (Lipinski definition) is 3. The number of benzene rings is 2. The van der Waals surface area contributed by atoms with E-state index >= 15 is 0 Å². The molecule has 0 amide bonds. The highest BCUT2D eigenvalue weighted by atomic mass is 35.5. The van der Waals surface area contributed by atoms with Crippen molar-refractivity contribution in [3.8, 4) is 5.75 Å². The van der Waals surface area contributed by atoms with Gasteiger partial charge in [0.1, 0.15) is 5.75 Å². The third kappa shape index (κ3) is 4.30. The smallest absolute Gasteiger partial charge is 0.123 e. The van der Waals surface area contributed by atoms with Gasteiger partial charge in [0.15, 0.2) is 0 Å². The van der Waals surface area contributed by atoms with Crippen molar-refractivity contribution in [2.24, 2.45) is 0 Å². The number of anilines is 2. The molecule has 0 bridgehead atoms. The minimum absolute atomic E-state index is 0.0829. The molecule has 0 aliphatic carbocycles. The quantitative estimate of drug-likeness (QED) is 0.747. The van der Waals surface area contributed by atoms with E-state index in [9.17, 15) is 0 Å². The van der Waals surface area contributed by atoms with Crippen molar-refractivity contribution in [2.45, 2.75) is 26.3 Å². The first-order chi connectivity index (χ1) is 10.1. The van der Waals surface area contributed by atoms with Crippen LogP contribution >= 0.6 is 11.6 Å². The molecule has 2 aromatic rings. The summed E-state index contributed by atoms with van der Waals surface area (Å²) in [7, 11) is 0. The van der Waals surface area contributed by atoms with Crippen LogP contribution in [0.3, 0.4) is 0 Å². The van der Waals surface area contributed by atoms with Crippen molar-refractivity contribution in [1.29, 1.82) is 0 Å². The lowest BCUT2D eigenvalue weighted by Gasteiger charge is -2.18. The van der Waals surface area contributed by atoms with E-state index < -0.39 is 0 Å². The molecule has 1 unspecified atom stereocenters. The minimum Gasteiger partial charge on any atom is -0.493 e. The Labute approximate surface area is 131 Å². The van der Waals surface area contributed by atoms with E-state index in [2.05, 4.69) is 19.2 Å². The zero-order chi connectivity index (χ0) is 15.2. The van der Waals surface area contributed by atoms with E-state index in [-0.39, 0.29) is 6.04 Å². The van der Waals surface area contributed by atoms with E-state index in [1.54, 1.807) is 0 Å². The van der Waals surface area contributed by atoms with Gasteiger partial charge < -0.3 is 15.8 Å². The van der Waals surface area contributed by atoms with E-state index in [1.165, 1.54) is 0 Å². The number of nitrogen functional groups attached to an aromatic ring is 1. The summed E-state index contributed by atoms with van der Waals surface area (Å²) < 4.78 is 5.64. The fraction of sp³-hybridized carbons (Fsp3) is 0.294. The second-order valence-corrected chi connectivity index (χ2v) is 5.43. The normalized spacial score (nSPS) is 12.0. The average Bonchev–Trinajstić information content (AvgIpc) is 2.45. The van der Waals surface area contributed by atoms with Gasteiger partial charge in [-0.1, -0.05) is 36.7 Å². The molecule has 2 rings (SSSR count). The van der Waals surface area contributed by atoms with Crippen LogP contribution < -0.4 is 15.8 Å². The fourth-order valence-electron chi connectivity index (χ4n) is 2.16. The Morgan fingerprint density at radius 3 is 2.71 bits per heavy atom. The molecule has 0 radical (unpaired) electrons. The highest BCUT2D eigenvalue weighted by molar-refractivity contribution is 6.31.